The number of nitrogens with one attached hydrogen (secondary N) is 1. The third kappa shape index (κ3) is 3.50. The summed E-state index contributed by atoms with van der Waals surface area (Å²) in [6.07, 6.45) is 0.526. The lowest BCUT2D eigenvalue weighted by Gasteiger charge is -2.16. The van der Waals surface area contributed by atoms with Crippen LogP contribution in [0.1, 0.15) is 17.2 Å². The van der Waals surface area contributed by atoms with E-state index in [0.29, 0.717) is 12.0 Å². The van der Waals surface area contributed by atoms with Crippen LogP contribution in [-0.4, -0.2) is 0 Å². The molecule has 0 fully saturated rings. The van der Waals surface area contributed by atoms with Gasteiger partial charge < -0.3 is 0 Å². The Hall–Kier alpha value is -1.49. The molecule has 0 aliphatic rings. The van der Waals surface area contributed by atoms with Crippen molar-refractivity contribution in [1.29, 1.82) is 0 Å². The fraction of sp³-hybridized carbons (Fsp3) is 0.143. The summed E-state index contributed by atoms with van der Waals surface area (Å²) in [5.41, 5.74) is 4.22. The number of halogens is 3. The van der Waals surface area contributed by atoms with Crippen LogP contribution in [0, 0.1) is 11.6 Å². The number of nitrogens with two attached hydrogens (primary N) is 1. The average molecular weight is 283 g/mol. The molecule has 0 saturated carbocycles. The Morgan fingerprint density at radius 2 is 1.79 bits per heavy atom. The Bertz CT molecular complexity index is 558. The second kappa shape index (κ2) is 6.10. The van der Waals surface area contributed by atoms with Gasteiger partial charge in [-0.2, -0.15) is 0 Å². The number of hydrogen-bond donors (Lipinski definition) is 2. The normalized spacial score (nSPS) is 12.4. The molecule has 2 aromatic rings. The maximum Gasteiger partial charge on any atom is 0.142 e. The van der Waals surface area contributed by atoms with E-state index in [9.17, 15) is 8.78 Å². The van der Waals surface area contributed by atoms with E-state index in [2.05, 4.69) is 5.43 Å². The Balaban J connectivity index is 2.19. The second-order valence-corrected chi connectivity index (χ2v) is 4.63. The van der Waals surface area contributed by atoms with Gasteiger partial charge in [0.1, 0.15) is 11.6 Å². The van der Waals surface area contributed by atoms with Gasteiger partial charge in [0.15, 0.2) is 0 Å². The van der Waals surface area contributed by atoms with Gasteiger partial charge in [-0.25, -0.2) is 8.78 Å². The lowest BCUT2D eigenvalue weighted by molar-refractivity contribution is 0.543. The van der Waals surface area contributed by atoms with Crippen molar-refractivity contribution < 1.29 is 8.78 Å². The lowest BCUT2D eigenvalue weighted by atomic mass is 9.99. The Labute approximate surface area is 115 Å². The summed E-state index contributed by atoms with van der Waals surface area (Å²) in [5.74, 6) is 4.71. The molecule has 0 aromatic heterocycles. The van der Waals surface area contributed by atoms with E-state index in [1.165, 1.54) is 24.3 Å². The zero-order valence-corrected chi connectivity index (χ0v) is 10.8. The molecule has 0 saturated heterocycles. The molecule has 0 spiro atoms. The molecular weight excluding hydrogens is 270 g/mol. The fourth-order valence-corrected chi connectivity index (χ4v) is 1.98. The predicted molar refractivity (Wildman–Crippen MR) is 71.6 cm³/mol. The van der Waals surface area contributed by atoms with Crippen LogP contribution in [0.3, 0.4) is 0 Å². The zero-order valence-electron chi connectivity index (χ0n) is 10.0. The summed E-state index contributed by atoms with van der Waals surface area (Å²) >= 11 is 5.64. The molecule has 2 aromatic carbocycles. The quantitative estimate of drug-likeness (QED) is 0.666. The van der Waals surface area contributed by atoms with E-state index in [4.69, 9.17) is 17.4 Å². The second-order valence-electron chi connectivity index (χ2n) is 4.22. The molecule has 0 amide bonds. The highest BCUT2D eigenvalue weighted by atomic mass is 35.5. The molecule has 1 unspecified atom stereocenters. The van der Waals surface area contributed by atoms with Crippen LogP contribution >= 0.6 is 11.6 Å². The number of rotatable bonds is 4. The Morgan fingerprint density at radius 3 is 2.37 bits per heavy atom. The molecule has 3 N–H and O–H groups in total. The third-order valence-electron chi connectivity index (χ3n) is 2.90. The van der Waals surface area contributed by atoms with E-state index in [1.807, 2.05) is 0 Å². The molecule has 5 heteroatoms. The highest BCUT2D eigenvalue weighted by Gasteiger charge is 2.12. The minimum atomic E-state index is -0.487. The molecule has 1 atom stereocenters. The molecular formula is C14H13ClF2N2. The smallest absolute Gasteiger partial charge is 0.142 e. The van der Waals surface area contributed by atoms with Crippen molar-refractivity contribution in [2.24, 2.45) is 5.84 Å². The zero-order chi connectivity index (χ0) is 13.8. The first-order valence-electron chi connectivity index (χ1n) is 5.75. The molecule has 0 radical (unpaired) electrons. The van der Waals surface area contributed by atoms with Gasteiger partial charge in [-0.3, -0.25) is 11.3 Å². The van der Waals surface area contributed by atoms with Gasteiger partial charge in [-0.15, -0.1) is 0 Å². The molecule has 0 bridgehead atoms. The summed E-state index contributed by atoms with van der Waals surface area (Å²) in [6, 6.07) is 10.4. The van der Waals surface area contributed by atoms with Crippen LogP contribution in [0.2, 0.25) is 5.02 Å². The van der Waals surface area contributed by atoms with E-state index in [-0.39, 0.29) is 16.9 Å². The van der Waals surface area contributed by atoms with Crippen LogP contribution in [0.4, 0.5) is 8.78 Å². The van der Waals surface area contributed by atoms with Crippen molar-refractivity contribution in [2.45, 2.75) is 12.5 Å². The first-order chi connectivity index (χ1) is 9.10. The molecule has 2 rings (SSSR count). The molecule has 19 heavy (non-hydrogen) atoms. The van der Waals surface area contributed by atoms with Gasteiger partial charge in [0.05, 0.1) is 11.1 Å². The Kier molecular flexibility index (Phi) is 4.47. The minimum absolute atomic E-state index is 0.0707. The predicted octanol–water partition coefficient (Wildman–Crippen LogP) is 3.37. The maximum absolute atomic E-state index is 13.4. The topological polar surface area (TPSA) is 38.0 Å². The van der Waals surface area contributed by atoms with Crippen molar-refractivity contribution in [3.05, 3.63) is 70.2 Å². The average Bonchev–Trinajstić information content (AvgIpc) is 2.41. The summed E-state index contributed by atoms with van der Waals surface area (Å²) < 4.78 is 26.2. The van der Waals surface area contributed by atoms with E-state index in [0.717, 1.165) is 5.56 Å². The first-order valence-corrected chi connectivity index (χ1v) is 6.13. The van der Waals surface area contributed by atoms with Crippen molar-refractivity contribution in [3.8, 4) is 0 Å². The number of hydrogen-bond acceptors (Lipinski definition) is 2. The van der Waals surface area contributed by atoms with Crippen molar-refractivity contribution in [3.63, 3.8) is 0 Å². The van der Waals surface area contributed by atoms with E-state index in [1.54, 1.807) is 18.2 Å². The third-order valence-corrected chi connectivity index (χ3v) is 3.21. The minimum Gasteiger partial charge on any atom is -0.271 e. The van der Waals surface area contributed by atoms with Gasteiger partial charge >= 0.3 is 0 Å². The Morgan fingerprint density at radius 1 is 1.11 bits per heavy atom. The molecule has 0 aliphatic heterocycles. The van der Waals surface area contributed by atoms with Crippen molar-refractivity contribution in [1.82, 2.24) is 5.43 Å². The van der Waals surface area contributed by atoms with Crippen LogP contribution in [0.5, 0.6) is 0 Å². The SMILES string of the molecule is NNC(Cc1ccc(F)cc1)c1ccc(Cl)c(F)c1. The standard InChI is InChI=1S/C14H13ClF2N2/c15-12-6-3-10(8-13(12)17)14(19-18)7-9-1-4-11(16)5-2-9/h1-6,8,14,19H,7,18H2. The van der Waals surface area contributed by atoms with E-state index >= 15 is 0 Å². The fourth-order valence-electron chi connectivity index (χ4n) is 1.86. The van der Waals surface area contributed by atoms with Crippen molar-refractivity contribution >= 4 is 11.6 Å². The summed E-state index contributed by atoms with van der Waals surface area (Å²) in [4.78, 5) is 0. The van der Waals surface area contributed by atoms with Gasteiger partial charge in [-0.1, -0.05) is 29.8 Å². The van der Waals surface area contributed by atoms with Gasteiger partial charge in [0.2, 0.25) is 0 Å². The summed E-state index contributed by atoms with van der Waals surface area (Å²) in [7, 11) is 0. The maximum atomic E-state index is 13.4. The molecule has 0 aliphatic carbocycles. The molecule has 2 nitrogen and oxygen atoms in total. The van der Waals surface area contributed by atoms with Gasteiger partial charge in [0.25, 0.3) is 0 Å². The highest BCUT2D eigenvalue weighted by molar-refractivity contribution is 6.30. The summed E-state index contributed by atoms with van der Waals surface area (Å²) in [5, 5.41) is 0.0707. The van der Waals surface area contributed by atoms with Crippen LogP contribution in [0.15, 0.2) is 42.5 Å². The van der Waals surface area contributed by atoms with Crippen LogP contribution in [0.25, 0.3) is 0 Å². The first kappa shape index (κ1) is 13.9. The van der Waals surface area contributed by atoms with Crippen LogP contribution in [-0.2, 0) is 6.42 Å². The number of benzene rings is 2. The van der Waals surface area contributed by atoms with Crippen molar-refractivity contribution in [2.75, 3.05) is 0 Å². The lowest BCUT2D eigenvalue weighted by Crippen LogP contribution is -2.29. The van der Waals surface area contributed by atoms with E-state index < -0.39 is 5.82 Å². The molecule has 100 valence electrons. The van der Waals surface area contributed by atoms with Crippen LogP contribution < -0.4 is 11.3 Å². The van der Waals surface area contributed by atoms with Gasteiger partial charge in [-0.05, 0) is 41.8 Å². The largest absolute Gasteiger partial charge is 0.271 e. The summed E-state index contributed by atoms with van der Waals surface area (Å²) in [6.45, 7) is 0. The molecule has 0 heterocycles. The van der Waals surface area contributed by atoms with Gasteiger partial charge in [0, 0.05) is 0 Å². The monoisotopic (exact) mass is 282 g/mol. The number of hydrazine groups is 1. The highest BCUT2D eigenvalue weighted by Crippen LogP contribution is 2.22.